The van der Waals surface area contributed by atoms with E-state index in [1.54, 1.807) is 12.0 Å². The number of likely N-dealkylation sites (tertiary alicyclic amines) is 1. The number of nitrogens with zero attached hydrogens (tertiary/aromatic N) is 2. The van der Waals surface area contributed by atoms with Gasteiger partial charge in [0.05, 0.1) is 6.10 Å². The van der Waals surface area contributed by atoms with E-state index in [2.05, 4.69) is 6.92 Å². The average molecular weight is 272 g/mol. The number of methoxy groups -OCH3 is 1. The lowest BCUT2D eigenvalue weighted by Crippen LogP contribution is -2.48. The van der Waals surface area contributed by atoms with Gasteiger partial charge < -0.3 is 19.6 Å². The molecule has 110 valence electrons. The average Bonchev–Trinajstić information content (AvgIpc) is 2.83. The third kappa shape index (κ3) is 3.83. The first-order chi connectivity index (χ1) is 9.04. The van der Waals surface area contributed by atoms with E-state index >= 15 is 0 Å². The molecule has 1 N–H and O–H groups in total. The van der Waals surface area contributed by atoms with Crippen molar-refractivity contribution in [3.8, 4) is 0 Å². The number of hydrogen-bond donors (Lipinski definition) is 1. The molecule has 0 aromatic carbocycles. The number of carboxylic acid groups (broad SMARTS) is 1. The molecule has 0 bridgehead atoms. The molecule has 0 aromatic heterocycles. The van der Waals surface area contributed by atoms with Crippen LogP contribution in [0.15, 0.2) is 0 Å². The fourth-order valence-corrected chi connectivity index (χ4v) is 2.33. The van der Waals surface area contributed by atoms with E-state index in [-0.39, 0.29) is 12.1 Å². The van der Waals surface area contributed by atoms with Crippen LogP contribution in [0.25, 0.3) is 0 Å². The molecule has 1 aliphatic heterocycles. The minimum atomic E-state index is -0.959. The maximum absolute atomic E-state index is 12.4. The van der Waals surface area contributed by atoms with E-state index < -0.39 is 12.0 Å². The van der Waals surface area contributed by atoms with Crippen LogP contribution in [0.2, 0.25) is 0 Å². The predicted octanol–water partition coefficient (Wildman–Crippen LogP) is 1.40. The van der Waals surface area contributed by atoms with Gasteiger partial charge >= 0.3 is 12.0 Å². The highest BCUT2D eigenvalue weighted by molar-refractivity contribution is 5.83. The number of carbonyl (C=O) groups is 2. The number of ether oxygens (including phenoxy) is 1. The highest BCUT2D eigenvalue weighted by Crippen LogP contribution is 2.22. The summed E-state index contributed by atoms with van der Waals surface area (Å²) in [4.78, 5) is 26.8. The third-order valence-electron chi connectivity index (χ3n) is 3.56. The molecule has 0 aromatic rings. The minimum absolute atomic E-state index is 0.185. The third-order valence-corrected chi connectivity index (χ3v) is 3.56. The molecule has 2 unspecified atom stereocenters. The Labute approximate surface area is 114 Å². The van der Waals surface area contributed by atoms with Crippen LogP contribution in [-0.2, 0) is 9.53 Å². The summed E-state index contributed by atoms with van der Waals surface area (Å²) in [5.74, 6) is -0.959. The second-order valence-electron chi connectivity index (χ2n) is 4.82. The summed E-state index contributed by atoms with van der Waals surface area (Å²) in [7, 11) is 1.55. The van der Waals surface area contributed by atoms with Gasteiger partial charge in [-0.05, 0) is 13.3 Å². The maximum atomic E-state index is 12.4. The lowest BCUT2D eigenvalue weighted by Gasteiger charge is -2.29. The molecule has 19 heavy (non-hydrogen) atoms. The monoisotopic (exact) mass is 272 g/mol. The molecular weight excluding hydrogens is 248 g/mol. The molecule has 1 heterocycles. The van der Waals surface area contributed by atoms with Crippen LogP contribution in [0.1, 0.15) is 33.1 Å². The molecule has 0 aliphatic carbocycles. The van der Waals surface area contributed by atoms with Gasteiger partial charge in [-0.2, -0.15) is 0 Å². The van der Waals surface area contributed by atoms with Crippen LogP contribution in [0, 0.1) is 0 Å². The zero-order valence-electron chi connectivity index (χ0n) is 12.0. The molecule has 6 heteroatoms. The molecule has 1 saturated heterocycles. The highest BCUT2D eigenvalue weighted by Gasteiger charge is 2.41. The van der Waals surface area contributed by atoms with Crippen molar-refractivity contribution >= 4 is 12.0 Å². The van der Waals surface area contributed by atoms with Gasteiger partial charge in [0.25, 0.3) is 0 Å². The van der Waals surface area contributed by atoms with Gasteiger partial charge in [0.2, 0.25) is 0 Å². The Hall–Kier alpha value is -1.30. The van der Waals surface area contributed by atoms with E-state index in [4.69, 9.17) is 4.74 Å². The minimum Gasteiger partial charge on any atom is -0.480 e. The summed E-state index contributed by atoms with van der Waals surface area (Å²) in [5.41, 5.74) is 0. The zero-order chi connectivity index (χ0) is 14.4. The summed E-state index contributed by atoms with van der Waals surface area (Å²) in [6, 6.07) is -0.962. The molecule has 0 spiro atoms. The Kier molecular flexibility index (Phi) is 6.08. The molecular formula is C13H24N2O4. The van der Waals surface area contributed by atoms with Gasteiger partial charge in [0, 0.05) is 33.2 Å². The fourth-order valence-electron chi connectivity index (χ4n) is 2.33. The Morgan fingerprint density at radius 3 is 2.58 bits per heavy atom. The molecule has 0 saturated carbocycles. The Morgan fingerprint density at radius 1 is 1.42 bits per heavy atom. The first-order valence-corrected chi connectivity index (χ1v) is 6.86. The smallest absolute Gasteiger partial charge is 0.326 e. The molecule has 1 rings (SSSR count). The first-order valence-electron chi connectivity index (χ1n) is 6.86. The van der Waals surface area contributed by atoms with Gasteiger partial charge in [0.1, 0.15) is 6.04 Å². The Balaban J connectivity index is 2.74. The van der Waals surface area contributed by atoms with Gasteiger partial charge in [-0.25, -0.2) is 9.59 Å². The summed E-state index contributed by atoms with van der Waals surface area (Å²) in [6.45, 7) is 5.60. The normalized spacial score (nSPS) is 22.6. The topological polar surface area (TPSA) is 70.1 Å². The van der Waals surface area contributed by atoms with Crippen LogP contribution in [-0.4, -0.2) is 65.8 Å². The number of rotatable bonds is 6. The number of amides is 2. The van der Waals surface area contributed by atoms with E-state index in [0.717, 1.165) is 12.8 Å². The van der Waals surface area contributed by atoms with E-state index in [1.807, 2.05) is 6.92 Å². The van der Waals surface area contributed by atoms with Crippen molar-refractivity contribution in [3.63, 3.8) is 0 Å². The van der Waals surface area contributed by atoms with Crippen molar-refractivity contribution in [2.45, 2.75) is 45.3 Å². The van der Waals surface area contributed by atoms with Crippen LogP contribution in [0.5, 0.6) is 0 Å². The lowest BCUT2D eigenvalue weighted by molar-refractivity contribution is -0.141. The molecule has 1 aliphatic rings. The van der Waals surface area contributed by atoms with Crippen LogP contribution >= 0.6 is 0 Å². The molecule has 2 amide bonds. The van der Waals surface area contributed by atoms with Crippen molar-refractivity contribution in [3.05, 3.63) is 0 Å². The van der Waals surface area contributed by atoms with Crippen molar-refractivity contribution in [1.82, 2.24) is 9.80 Å². The summed E-state index contributed by atoms with van der Waals surface area (Å²) >= 11 is 0. The van der Waals surface area contributed by atoms with Crippen molar-refractivity contribution in [2.75, 3.05) is 26.7 Å². The van der Waals surface area contributed by atoms with Crippen LogP contribution in [0.4, 0.5) is 4.79 Å². The predicted molar refractivity (Wildman–Crippen MR) is 71.1 cm³/mol. The van der Waals surface area contributed by atoms with Crippen LogP contribution < -0.4 is 0 Å². The van der Waals surface area contributed by atoms with Gasteiger partial charge in [-0.1, -0.05) is 13.3 Å². The number of aliphatic carboxylic acids is 1. The number of urea groups is 1. The summed E-state index contributed by atoms with van der Waals surface area (Å²) in [6.07, 6.45) is 2.11. The number of hydrogen-bond acceptors (Lipinski definition) is 3. The van der Waals surface area contributed by atoms with E-state index in [0.29, 0.717) is 26.1 Å². The largest absolute Gasteiger partial charge is 0.480 e. The molecule has 2 atom stereocenters. The number of carboxylic acids is 1. The Morgan fingerprint density at radius 2 is 2.11 bits per heavy atom. The molecule has 6 nitrogen and oxygen atoms in total. The van der Waals surface area contributed by atoms with Crippen molar-refractivity contribution in [1.29, 1.82) is 0 Å². The van der Waals surface area contributed by atoms with Gasteiger partial charge in [-0.3, -0.25) is 0 Å². The Bertz CT molecular complexity index is 322. The van der Waals surface area contributed by atoms with Crippen molar-refractivity contribution in [2.24, 2.45) is 0 Å². The van der Waals surface area contributed by atoms with E-state index in [9.17, 15) is 14.7 Å². The second kappa shape index (κ2) is 7.33. The zero-order valence-corrected chi connectivity index (χ0v) is 12.0. The van der Waals surface area contributed by atoms with Crippen molar-refractivity contribution < 1.29 is 19.4 Å². The maximum Gasteiger partial charge on any atom is 0.326 e. The SMILES string of the molecule is CCCCN(CC)C(=O)N1CC(OC)CC1C(=O)O. The van der Waals surface area contributed by atoms with Gasteiger partial charge in [-0.15, -0.1) is 0 Å². The highest BCUT2D eigenvalue weighted by atomic mass is 16.5. The van der Waals surface area contributed by atoms with Gasteiger partial charge in [0.15, 0.2) is 0 Å². The molecule has 0 radical (unpaired) electrons. The molecule has 1 fully saturated rings. The standard InChI is InChI=1S/C13H24N2O4/c1-4-6-7-14(5-2)13(18)15-9-10(19-3)8-11(15)12(16)17/h10-11H,4-9H2,1-3H3,(H,16,17). The van der Waals surface area contributed by atoms with Crippen LogP contribution in [0.3, 0.4) is 0 Å². The summed E-state index contributed by atoms with van der Waals surface area (Å²) < 4.78 is 5.19. The first kappa shape index (κ1) is 15.8. The van der Waals surface area contributed by atoms with E-state index in [1.165, 1.54) is 4.90 Å². The lowest BCUT2D eigenvalue weighted by atomic mass is 10.2. The quantitative estimate of drug-likeness (QED) is 0.793. The number of carbonyl (C=O) groups excluding carboxylic acids is 1. The summed E-state index contributed by atoms with van der Waals surface area (Å²) in [5, 5.41) is 9.21. The fraction of sp³-hybridized carbons (Fsp3) is 0.846. The number of unbranched alkanes of at least 4 members (excludes halogenated alkanes) is 1. The second-order valence-corrected chi connectivity index (χ2v) is 4.82.